The van der Waals surface area contributed by atoms with Gasteiger partial charge in [0, 0.05) is 35.9 Å². The van der Waals surface area contributed by atoms with E-state index in [9.17, 15) is 0 Å². The molecular formula is C20H26ClN3. The Morgan fingerprint density at radius 1 is 1.00 bits per heavy atom. The van der Waals surface area contributed by atoms with Crippen LogP contribution in [0.25, 0.3) is 22.2 Å². The van der Waals surface area contributed by atoms with Gasteiger partial charge in [0.2, 0.25) is 0 Å². The third kappa shape index (κ3) is 3.92. The summed E-state index contributed by atoms with van der Waals surface area (Å²) >= 11 is 0. The van der Waals surface area contributed by atoms with Crippen LogP contribution < -0.4 is 5.32 Å². The molecule has 0 fully saturated rings. The van der Waals surface area contributed by atoms with Gasteiger partial charge in [-0.1, -0.05) is 30.3 Å². The van der Waals surface area contributed by atoms with Crippen molar-refractivity contribution in [2.75, 3.05) is 33.0 Å². The Hall–Kier alpha value is -1.97. The molecule has 0 saturated heterocycles. The van der Waals surface area contributed by atoms with Crippen LogP contribution in [0.3, 0.4) is 0 Å². The minimum Gasteiger partial charge on any atom is -0.388 e. The van der Waals surface area contributed by atoms with Crippen LogP contribution in [-0.4, -0.2) is 37.2 Å². The Bertz CT molecular complexity index is 778. The van der Waals surface area contributed by atoms with E-state index >= 15 is 0 Å². The molecule has 0 bridgehead atoms. The Morgan fingerprint density at radius 2 is 1.75 bits per heavy atom. The van der Waals surface area contributed by atoms with E-state index in [-0.39, 0.29) is 12.4 Å². The first-order valence-electron chi connectivity index (χ1n) is 8.20. The minimum absolute atomic E-state index is 0. The lowest BCUT2D eigenvalue weighted by atomic mass is 10.1. The molecule has 4 heteroatoms. The van der Waals surface area contributed by atoms with E-state index < -0.39 is 0 Å². The van der Waals surface area contributed by atoms with Gasteiger partial charge in [0.05, 0.1) is 0 Å². The lowest BCUT2D eigenvalue weighted by molar-refractivity contribution is 0.388. The quantitative estimate of drug-likeness (QED) is 0.698. The smallest absolute Gasteiger partial charge is 0.0491 e. The molecule has 0 aliphatic heterocycles. The maximum atomic E-state index is 3.23. The number of fused-ring (bicyclic) bond motifs is 1. The van der Waals surface area contributed by atoms with Crippen molar-refractivity contribution >= 4 is 29.0 Å². The number of hydrogen-bond acceptors (Lipinski definition) is 2. The Balaban J connectivity index is 0.00000208. The van der Waals surface area contributed by atoms with Crippen LogP contribution >= 0.6 is 12.4 Å². The number of nitrogens with one attached hydrogen (secondary N) is 1. The molecular weight excluding hydrogens is 318 g/mol. The van der Waals surface area contributed by atoms with Gasteiger partial charge in [-0.25, -0.2) is 0 Å². The maximum absolute atomic E-state index is 3.23. The second-order valence-corrected chi connectivity index (χ2v) is 6.23. The van der Waals surface area contributed by atoms with E-state index in [2.05, 4.69) is 83.5 Å². The van der Waals surface area contributed by atoms with E-state index in [0.717, 1.165) is 25.2 Å². The molecule has 3 nitrogen and oxygen atoms in total. The molecule has 24 heavy (non-hydrogen) atoms. The summed E-state index contributed by atoms with van der Waals surface area (Å²) in [6.45, 7) is 2.13. The summed E-state index contributed by atoms with van der Waals surface area (Å²) in [5.74, 6) is 0. The van der Waals surface area contributed by atoms with Crippen LogP contribution in [0.15, 0.2) is 54.6 Å². The molecule has 2 aromatic carbocycles. The highest BCUT2D eigenvalue weighted by atomic mass is 35.5. The molecule has 1 aromatic heterocycles. The van der Waals surface area contributed by atoms with Crippen molar-refractivity contribution in [1.29, 1.82) is 0 Å². The average Bonchev–Trinajstić information content (AvgIpc) is 2.93. The molecule has 0 radical (unpaired) electrons. The first-order chi connectivity index (χ1) is 11.2. The lowest BCUT2D eigenvalue weighted by Crippen LogP contribution is -2.15. The molecule has 3 aromatic rings. The normalized spacial score (nSPS) is 10.8. The lowest BCUT2D eigenvalue weighted by Gasteiger charge is -2.14. The topological polar surface area (TPSA) is 20.2 Å². The van der Waals surface area contributed by atoms with E-state index in [1.54, 1.807) is 0 Å². The van der Waals surface area contributed by atoms with Crippen molar-refractivity contribution in [1.82, 2.24) is 9.47 Å². The van der Waals surface area contributed by atoms with E-state index in [0.29, 0.717) is 0 Å². The van der Waals surface area contributed by atoms with Gasteiger partial charge in [-0.3, -0.25) is 0 Å². The highest BCUT2D eigenvalue weighted by Gasteiger charge is 2.11. The van der Waals surface area contributed by atoms with Crippen LogP contribution in [-0.2, 0) is 6.54 Å². The minimum atomic E-state index is 0. The number of aromatic nitrogens is 1. The fourth-order valence-corrected chi connectivity index (χ4v) is 3.06. The predicted octanol–water partition coefficient (Wildman–Crippen LogP) is 4.72. The average molecular weight is 344 g/mol. The van der Waals surface area contributed by atoms with E-state index in [4.69, 9.17) is 0 Å². The predicted molar refractivity (Wildman–Crippen MR) is 107 cm³/mol. The summed E-state index contributed by atoms with van der Waals surface area (Å²) in [7, 11) is 6.23. The fourth-order valence-electron chi connectivity index (χ4n) is 3.06. The summed E-state index contributed by atoms with van der Waals surface area (Å²) in [6, 6.07) is 19.6. The molecule has 0 atom stereocenters. The number of hydrogen-bond donors (Lipinski definition) is 1. The largest absolute Gasteiger partial charge is 0.388 e. The molecule has 0 amide bonds. The van der Waals surface area contributed by atoms with E-state index in [1.165, 1.54) is 22.2 Å². The summed E-state index contributed by atoms with van der Waals surface area (Å²) in [6.07, 6.45) is 1.14. The van der Waals surface area contributed by atoms with Crippen LogP contribution in [0, 0.1) is 0 Å². The Morgan fingerprint density at radius 3 is 2.42 bits per heavy atom. The molecule has 1 heterocycles. The summed E-state index contributed by atoms with van der Waals surface area (Å²) in [5.41, 5.74) is 5.04. The van der Waals surface area contributed by atoms with Crippen molar-refractivity contribution < 1.29 is 0 Å². The van der Waals surface area contributed by atoms with Gasteiger partial charge in [0.1, 0.15) is 0 Å². The zero-order chi connectivity index (χ0) is 16.2. The second kappa shape index (κ2) is 8.22. The fraction of sp³-hybridized carbons (Fsp3) is 0.300. The molecule has 0 spiro atoms. The number of benzene rings is 2. The number of halogens is 1. The van der Waals surface area contributed by atoms with Crippen molar-refractivity contribution in [2.45, 2.75) is 13.0 Å². The van der Waals surface area contributed by atoms with Crippen molar-refractivity contribution in [3.8, 4) is 11.3 Å². The van der Waals surface area contributed by atoms with Gasteiger partial charge in [0.15, 0.2) is 0 Å². The molecule has 0 aliphatic carbocycles. The first kappa shape index (κ1) is 18.4. The summed E-state index contributed by atoms with van der Waals surface area (Å²) < 4.78 is 2.45. The van der Waals surface area contributed by atoms with Crippen LogP contribution in [0.1, 0.15) is 6.42 Å². The zero-order valence-corrected chi connectivity index (χ0v) is 15.4. The molecule has 1 N–H and O–H groups in total. The van der Waals surface area contributed by atoms with Crippen molar-refractivity contribution in [3.63, 3.8) is 0 Å². The number of aryl methyl sites for hydroxylation is 1. The zero-order valence-electron chi connectivity index (χ0n) is 14.6. The van der Waals surface area contributed by atoms with Gasteiger partial charge >= 0.3 is 0 Å². The third-order valence-electron chi connectivity index (χ3n) is 4.25. The van der Waals surface area contributed by atoms with Crippen LogP contribution in [0.2, 0.25) is 0 Å². The Labute approximate surface area is 150 Å². The van der Waals surface area contributed by atoms with Gasteiger partial charge < -0.3 is 14.8 Å². The molecule has 0 aliphatic rings. The Kier molecular flexibility index (Phi) is 6.29. The van der Waals surface area contributed by atoms with Gasteiger partial charge in [0.25, 0.3) is 0 Å². The van der Waals surface area contributed by atoms with Crippen LogP contribution in [0.5, 0.6) is 0 Å². The molecule has 0 saturated carbocycles. The second-order valence-electron chi connectivity index (χ2n) is 6.23. The first-order valence-corrected chi connectivity index (χ1v) is 8.20. The van der Waals surface area contributed by atoms with Crippen molar-refractivity contribution in [3.05, 3.63) is 54.6 Å². The van der Waals surface area contributed by atoms with E-state index in [1.807, 2.05) is 7.05 Å². The third-order valence-corrected chi connectivity index (χ3v) is 4.25. The van der Waals surface area contributed by atoms with Crippen LogP contribution in [0.4, 0.5) is 5.69 Å². The highest BCUT2D eigenvalue weighted by molar-refractivity contribution is 5.89. The van der Waals surface area contributed by atoms with Gasteiger partial charge in [-0.2, -0.15) is 0 Å². The molecule has 0 unspecified atom stereocenters. The van der Waals surface area contributed by atoms with Gasteiger partial charge in [-0.05, 0) is 56.9 Å². The molecule has 128 valence electrons. The molecule has 3 rings (SSSR count). The standard InChI is InChI=1S/C20H25N3.ClH/c1-21-18-10-11-19-17(14-18)15-20(16-8-5-4-6-9-16)23(19)13-7-12-22(2)3;/h4-6,8-11,14-15,21H,7,12-13H2,1-3H3;1H. The van der Waals surface area contributed by atoms with Crippen molar-refractivity contribution in [2.24, 2.45) is 0 Å². The number of rotatable bonds is 6. The summed E-state index contributed by atoms with van der Waals surface area (Å²) in [5, 5.41) is 4.52. The summed E-state index contributed by atoms with van der Waals surface area (Å²) in [4.78, 5) is 2.24. The van der Waals surface area contributed by atoms with Gasteiger partial charge in [-0.15, -0.1) is 12.4 Å². The SMILES string of the molecule is CNc1ccc2c(c1)cc(-c1ccccc1)n2CCCN(C)C.Cl. The maximum Gasteiger partial charge on any atom is 0.0491 e. The highest BCUT2D eigenvalue weighted by Crippen LogP contribution is 2.30. The monoisotopic (exact) mass is 343 g/mol. The number of anilines is 1. The number of nitrogens with zero attached hydrogens (tertiary/aromatic N) is 2.